The van der Waals surface area contributed by atoms with Crippen LogP contribution in [0.5, 0.6) is 11.5 Å². The molecule has 5 rings (SSSR count). The van der Waals surface area contributed by atoms with E-state index in [1.54, 1.807) is 12.1 Å². The predicted octanol–water partition coefficient (Wildman–Crippen LogP) is 5.28. The molecule has 0 bridgehead atoms. The number of aromatic nitrogens is 2. The van der Waals surface area contributed by atoms with Crippen LogP contribution in [0.1, 0.15) is 42.2 Å². The Hall–Kier alpha value is -3.36. The summed E-state index contributed by atoms with van der Waals surface area (Å²) in [5.74, 6) is 0.796. The summed E-state index contributed by atoms with van der Waals surface area (Å²) < 4.78 is 7.01. The van der Waals surface area contributed by atoms with Gasteiger partial charge in [0, 0.05) is 36.9 Å². The molecule has 2 heterocycles. The number of hydrogen-bond donors (Lipinski definition) is 2. The van der Waals surface area contributed by atoms with E-state index in [1.165, 1.54) is 17.8 Å². The van der Waals surface area contributed by atoms with Crippen LogP contribution in [-0.4, -0.2) is 50.9 Å². The molecular formula is C27H29ClN4O4. The van der Waals surface area contributed by atoms with Crippen molar-refractivity contribution in [1.29, 1.82) is 0 Å². The van der Waals surface area contributed by atoms with Crippen LogP contribution in [-0.2, 0) is 6.54 Å². The maximum absolute atomic E-state index is 12.9. The van der Waals surface area contributed by atoms with Crippen molar-refractivity contribution in [2.24, 2.45) is 11.3 Å². The van der Waals surface area contributed by atoms with Crippen LogP contribution in [0.3, 0.4) is 0 Å². The van der Waals surface area contributed by atoms with Crippen LogP contribution in [0.15, 0.2) is 60.8 Å². The molecule has 2 N–H and O–H groups in total. The molecule has 1 saturated heterocycles. The number of nitrogens with one attached hydrogen (secondary N) is 1. The molecule has 1 aromatic heterocycles. The number of carboxylic acid groups (broad SMARTS) is 1. The molecule has 1 aliphatic heterocycles. The third-order valence-electron chi connectivity index (χ3n) is 7.58. The van der Waals surface area contributed by atoms with Crippen molar-refractivity contribution in [3.63, 3.8) is 0 Å². The normalized spacial score (nSPS) is 23.0. The number of carbonyl (C=O) groups excluding carboxylic acids is 1. The quantitative estimate of drug-likeness (QED) is 0.451. The average molecular weight is 509 g/mol. The van der Waals surface area contributed by atoms with Gasteiger partial charge in [0.15, 0.2) is 5.69 Å². The molecule has 2 fully saturated rings. The molecule has 1 saturated carbocycles. The number of aromatic carboxylic acids is 1. The average Bonchev–Trinajstić information content (AvgIpc) is 3.58. The SMILES string of the molecule is CC[C@]12C[C@@H](NCc3ccc(Oc4ccc(Cl)cc4)cc3)C[C@H]1CN(C(=O)n1ccc(C(=O)O)n1)C2. The van der Waals surface area contributed by atoms with Crippen LogP contribution in [0.2, 0.25) is 5.02 Å². The fourth-order valence-corrected chi connectivity index (χ4v) is 5.74. The minimum Gasteiger partial charge on any atom is -0.476 e. The Morgan fingerprint density at radius 3 is 2.44 bits per heavy atom. The number of likely N-dealkylation sites (tertiary alicyclic amines) is 1. The lowest BCUT2D eigenvalue weighted by atomic mass is 9.78. The van der Waals surface area contributed by atoms with Gasteiger partial charge in [0.25, 0.3) is 0 Å². The second kappa shape index (κ2) is 9.95. The molecule has 0 spiro atoms. The van der Waals surface area contributed by atoms with Crippen molar-refractivity contribution in [3.8, 4) is 11.5 Å². The number of hydrogen-bond acceptors (Lipinski definition) is 5. The van der Waals surface area contributed by atoms with Crippen LogP contribution in [0.4, 0.5) is 4.79 Å². The van der Waals surface area contributed by atoms with Gasteiger partial charge in [0.2, 0.25) is 0 Å². The molecule has 1 aliphatic carbocycles. The first kappa shape index (κ1) is 24.3. The topological polar surface area (TPSA) is 96.7 Å². The van der Waals surface area contributed by atoms with Gasteiger partial charge < -0.3 is 20.1 Å². The molecule has 0 radical (unpaired) electrons. The number of halogens is 1. The molecule has 3 aromatic rings. The van der Waals surface area contributed by atoms with Gasteiger partial charge in [-0.1, -0.05) is 30.7 Å². The number of amides is 1. The van der Waals surface area contributed by atoms with E-state index in [4.69, 9.17) is 21.4 Å². The summed E-state index contributed by atoms with van der Waals surface area (Å²) in [6, 6.07) is 16.9. The molecule has 36 heavy (non-hydrogen) atoms. The summed E-state index contributed by atoms with van der Waals surface area (Å²) in [6.07, 6.45) is 4.44. The minimum absolute atomic E-state index is 0.0758. The molecule has 2 aliphatic rings. The lowest BCUT2D eigenvalue weighted by molar-refractivity contribution is 0.0690. The van der Waals surface area contributed by atoms with Gasteiger partial charge in [0.1, 0.15) is 11.5 Å². The molecular weight excluding hydrogens is 480 g/mol. The highest BCUT2D eigenvalue weighted by Gasteiger charge is 2.52. The molecule has 8 nitrogen and oxygen atoms in total. The first-order chi connectivity index (χ1) is 17.3. The Morgan fingerprint density at radius 1 is 1.14 bits per heavy atom. The molecule has 188 valence electrons. The Balaban J connectivity index is 1.14. The number of rotatable bonds is 7. The van der Waals surface area contributed by atoms with Gasteiger partial charge in [-0.3, -0.25) is 0 Å². The van der Waals surface area contributed by atoms with Crippen LogP contribution in [0.25, 0.3) is 0 Å². The van der Waals surface area contributed by atoms with Gasteiger partial charge >= 0.3 is 12.0 Å². The van der Waals surface area contributed by atoms with E-state index < -0.39 is 5.97 Å². The van der Waals surface area contributed by atoms with Gasteiger partial charge in [-0.15, -0.1) is 0 Å². The number of fused-ring (bicyclic) bond motifs is 1. The number of carbonyl (C=O) groups is 2. The Kier molecular flexibility index (Phi) is 6.73. The van der Waals surface area contributed by atoms with Crippen molar-refractivity contribution in [3.05, 3.63) is 77.1 Å². The van der Waals surface area contributed by atoms with E-state index in [0.717, 1.165) is 42.0 Å². The van der Waals surface area contributed by atoms with E-state index in [2.05, 4.69) is 29.5 Å². The maximum atomic E-state index is 12.9. The predicted molar refractivity (Wildman–Crippen MR) is 136 cm³/mol. The first-order valence-electron chi connectivity index (χ1n) is 12.2. The summed E-state index contributed by atoms with van der Waals surface area (Å²) in [7, 11) is 0. The van der Waals surface area contributed by atoms with E-state index in [1.807, 2.05) is 29.2 Å². The number of carboxylic acids is 1. The highest BCUT2D eigenvalue weighted by molar-refractivity contribution is 6.30. The lowest BCUT2D eigenvalue weighted by Gasteiger charge is -2.28. The van der Waals surface area contributed by atoms with Crippen molar-refractivity contribution in [1.82, 2.24) is 20.0 Å². The van der Waals surface area contributed by atoms with Crippen molar-refractivity contribution in [2.45, 2.75) is 38.8 Å². The smallest absolute Gasteiger partial charge is 0.356 e. The standard InChI is InChI=1S/C27H29ClN4O4/c1-2-27-14-21(13-19(27)16-31(17-27)26(35)32-12-11-24(30-32)25(33)34)29-15-18-3-7-22(8-4-18)36-23-9-5-20(28)6-10-23/h3-12,19,21,29H,2,13-17H2,1H3,(H,33,34)/t19-,21-,27+/m0/s1. The van der Waals surface area contributed by atoms with Crippen LogP contribution in [0, 0.1) is 11.3 Å². The minimum atomic E-state index is -1.14. The third-order valence-corrected chi connectivity index (χ3v) is 7.83. The largest absolute Gasteiger partial charge is 0.476 e. The van der Waals surface area contributed by atoms with Crippen LogP contribution < -0.4 is 10.1 Å². The van der Waals surface area contributed by atoms with Crippen LogP contribution >= 0.6 is 11.6 Å². The molecule has 3 atom stereocenters. The summed E-state index contributed by atoms with van der Waals surface area (Å²) in [6.45, 7) is 4.31. The van der Waals surface area contributed by atoms with Gasteiger partial charge in [-0.2, -0.15) is 9.78 Å². The fraction of sp³-hybridized carbons (Fsp3) is 0.370. The van der Waals surface area contributed by atoms with E-state index in [-0.39, 0.29) is 17.1 Å². The second-order valence-electron chi connectivity index (χ2n) is 9.74. The number of nitrogens with zero attached hydrogens (tertiary/aromatic N) is 3. The molecule has 9 heteroatoms. The van der Waals surface area contributed by atoms with Crippen molar-refractivity contribution in [2.75, 3.05) is 13.1 Å². The zero-order valence-corrected chi connectivity index (χ0v) is 20.8. The maximum Gasteiger partial charge on any atom is 0.356 e. The van der Waals surface area contributed by atoms with Gasteiger partial charge in [0.05, 0.1) is 0 Å². The lowest BCUT2D eigenvalue weighted by Crippen LogP contribution is -2.37. The second-order valence-corrected chi connectivity index (χ2v) is 10.2. The van der Waals surface area contributed by atoms with Gasteiger partial charge in [-0.05, 0) is 78.6 Å². The van der Waals surface area contributed by atoms with Gasteiger partial charge in [-0.25, -0.2) is 9.59 Å². The van der Waals surface area contributed by atoms with E-state index in [0.29, 0.717) is 30.1 Å². The summed E-state index contributed by atoms with van der Waals surface area (Å²) in [4.78, 5) is 25.8. The van der Waals surface area contributed by atoms with Crippen molar-refractivity contribution < 1.29 is 19.4 Å². The fourth-order valence-electron chi connectivity index (χ4n) is 5.62. The monoisotopic (exact) mass is 508 g/mol. The summed E-state index contributed by atoms with van der Waals surface area (Å²) in [5.41, 5.74) is 1.14. The molecule has 2 aromatic carbocycles. The Morgan fingerprint density at radius 2 is 1.83 bits per heavy atom. The Bertz CT molecular complexity index is 1240. The first-order valence-corrected chi connectivity index (χ1v) is 12.6. The number of benzene rings is 2. The Labute approximate surface area is 214 Å². The summed E-state index contributed by atoms with van der Waals surface area (Å²) in [5, 5.41) is 17.4. The summed E-state index contributed by atoms with van der Waals surface area (Å²) >= 11 is 5.93. The van der Waals surface area contributed by atoms with Crippen molar-refractivity contribution >= 4 is 23.6 Å². The van der Waals surface area contributed by atoms with E-state index in [9.17, 15) is 9.59 Å². The van der Waals surface area contributed by atoms with E-state index >= 15 is 0 Å². The zero-order chi connectivity index (χ0) is 25.3. The highest BCUT2D eigenvalue weighted by atomic mass is 35.5. The zero-order valence-electron chi connectivity index (χ0n) is 20.1. The third kappa shape index (κ3) is 4.96. The molecule has 0 unspecified atom stereocenters. The number of ether oxygens (including phenoxy) is 1. The molecule has 1 amide bonds. The highest BCUT2D eigenvalue weighted by Crippen LogP contribution is 2.51.